The van der Waals surface area contributed by atoms with Crippen molar-refractivity contribution < 1.29 is 69.3 Å². The zero-order valence-corrected chi connectivity index (χ0v) is 19.4. The third kappa shape index (κ3) is 5.93. The first kappa shape index (κ1) is 28.5. The number of amides is 1. The molecule has 0 aliphatic carbocycles. The molecule has 3 saturated heterocycles. The molecular weight excluding hydrogens is 478 g/mol. The lowest BCUT2D eigenvalue weighted by Gasteiger charge is -2.48. The van der Waals surface area contributed by atoms with Crippen LogP contribution in [0.4, 0.5) is 0 Å². The Morgan fingerprint density at radius 3 is 1.94 bits per heavy atom. The lowest BCUT2D eigenvalue weighted by atomic mass is 9.95. The highest BCUT2D eigenvalue weighted by Gasteiger charge is 2.53. The minimum absolute atomic E-state index is 0.602. The molecule has 3 aliphatic heterocycles. The van der Waals surface area contributed by atoms with E-state index in [2.05, 4.69) is 5.32 Å². The van der Waals surface area contributed by atoms with Crippen molar-refractivity contribution in [3.05, 3.63) is 0 Å². The maximum Gasteiger partial charge on any atom is 0.217 e. The van der Waals surface area contributed by atoms with Gasteiger partial charge in [-0.05, 0) is 13.8 Å². The third-order valence-corrected chi connectivity index (χ3v) is 6.42. The number of carbonyl (C=O) groups excluding carboxylic acids is 1. The standard InChI is InChI=1S/C20H35NO14/c1-5-10(24)14(28)15(29)20(32-5)35-17-16(11(25)6(2)31-18(17)30)34-19-9(21-7(3)23)13(27)12(26)8(4-22)33-19/h5-6,8-20,22,24-30H,4H2,1-3H3,(H,21,23)/t5-,6+,8+,9+,10+,11-,12-,13+,14+,15-,16-,17+,18+,19+,20-/m0/s1. The molecule has 9 N–H and O–H groups in total. The highest BCUT2D eigenvalue weighted by molar-refractivity contribution is 5.73. The summed E-state index contributed by atoms with van der Waals surface area (Å²) >= 11 is 0. The first-order valence-corrected chi connectivity index (χ1v) is 11.3. The number of ether oxygens (including phenoxy) is 5. The van der Waals surface area contributed by atoms with Gasteiger partial charge >= 0.3 is 0 Å². The first-order chi connectivity index (χ1) is 16.4. The van der Waals surface area contributed by atoms with E-state index in [0.29, 0.717) is 0 Å². The van der Waals surface area contributed by atoms with Gasteiger partial charge in [-0.2, -0.15) is 0 Å². The van der Waals surface area contributed by atoms with Gasteiger partial charge in [0.15, 0.2) is 18.9 Å². The van der Waals surface area contributed by atoms with Gasteiger partial charge in [-0.25, -0.2) is 0 Å². The van der Waals surface area contributed by atoms with Crippen LogP contribution in [-0.4, -0.2) is 145 Å². The molecule has 3 fully saturated rings. The average Bonchev–Trinajstić information content (AvgIpc) is 2.80. The van der Waals surface area contributed by atoms with Gasteiger partial charge in [-0.1, -0.05) is 0 Å². The summed E-state index contributed by atoms with van der Waals surface area (Å²) in [6.45, 7) is 3.29. The molecule has 0 saturated carbocycles. The van der Waals surface area contributed by atoms with Gasteiger partial charge in [0.25, 0.3) is 0 Å². The Labute approximate surface area is 200 Å². The van der Waals surface area contributed by atoms with Crippen LogP contribution in [0.15, 0.2) is 0 Å². The number of hydrogen-bond acceptors (Lipinski definition) is 14. The summed E-state index contributed by atoms with van der Waals surface area (Å²) in [4.78, 5) is 11.7. The molecule has 35 heavy (non-hydrogen) atoms. The smallest absolute Gasteiger partial charge is 0.217 e. The van der Waals surface area contributed by atoms with Crippen molar-refractivity contribution in [2.24, 2.45) is 0 Å². The molecule has 0 aromatic carbocycles. The normalized spacial score (nSPS) is 51.1. The van der Waals surface area contributed by atoms with E-state index in [1.807, 2.05) is 0 Å². The van der Waals surface area contributed by atoms with E-state index in [1.165, 1.54) is 13.8 Å². The average molecular weight is 513 g/mol. The van der Waals surface area contributed by atoms with Gasteiger partial charge in [0.2, 0.25) is 5.91 Å². The molecule has 3 heterocycles. The molecule has 204 valence electrons. The molecular formula is C20H35NO14. The zero-order valence-electron chi connectivity index (χ0n) is 19.4. The van der Waals surface area contributed by atoms with E-state index >= 15 is 0 Å². The highest BCUT2D eigenvalue weighted by Crippen LogP contribution is 2.32. The number of hydrogen-bond donors (Lipinski definition) is 9. The van der Waals surface area contributed by atoms with Crippen molar-refractivity contribution in [3.8, 4) is 0 Å². The molecule has 0 aromatic rings. The topological polar surface area (TPSA) is 237 Å². The monoisotopic (exact) mass is 513 g/mol. The van der Waals surface area contributed by atoms with Crippen LogP contribution in [-0.2, 0) is 28.5 Å². The van der Waals surface area contributed by atoms with E-state index in [4.69, 9.17) is 23.7 Å². The molecule has 0 radical (unpaired) electrons. The van der Waals surface area contributed by atoms with Gasteiger partial charge in [0.1, 0.15) is 61.0 Å². The van der Waals surface area contributed by atoms with Crippen LogP contribution in [0, 0.1) is 0 Å². The van der Waals surface area contributed by atoms with E-state index in [9.17, 15) is 45.6 Å². The van der Waals surface area contributed by atoms with Gasteiger partial charge in [-0.15, -0.1) is 0 Å². The predicted molar refractivity (Wildman–Crippen MR) is 110 cm³/mol. The van der Waals surface area contributed by atoms with Crippen LogP contribution in [0.5, 0.6) is 0 Å². The maximum atomic E-state index is 11.7. The van der Waals surface area contributed by atoms with Crippen molar-refractivity contribution >= 4 is 5.91 Å². The molecule has 15 nitrogen and oxygen atoms in total. The van der Waals surface area contributed by atoms with Crippen molar-refractivity contribution in [1.29, 1.82) is 0 Å². The Morgan fingerprint density at radius 2 is 1.34 bits per heavy atom. The fourth-order valence-corrected chi connectivity index (χ4v) is 4.33. The number of aliphatic hydroxyl groups is 8. The second-order valence-corrected chi connectivity index (χ2v) is 9.04. The van der Waals surface area contributed by atoms with E-state index < -0.39 is 105 Å². The summed E-state index contributed by atoms with van der Waals surface area (Å²) in [5, 5.41) is 84.1. The summed E-state index contributed by atoms with van der Waals surface area (Å²) in [5.41, 5.74) is 0. The van der Waals surface area contributed by atoms with Crippen LogP contribution in [0.1, 0.15) is 20.8 Å². The van der Waals surface area contributed by atoms with Gasteiger partial charge in [-0.3, -0.25) is 4.79 Å². The van der Waals surface area contributed by atoms with Gasteiger partial charge in [0.05, 0.1) is 18.8 Å². The van der Waals surface area contributed by atoms with Crippen molar-refractivity contribution in [2.45, 2.75) is 113 Å². The molecule has 15 atom stereocenters. The van der Waals surface area contributed by atoms with Crippen molar-refractivity contribution in [2.75, 3.05) is 6.61 Å². The Kier molecular flexibility index (Phi) is 9.42. The minimum Gasteiger partial charge on any atom is -0.394 e. The summed E-state index contributed by atoms with van der Waals surface area (Å²) in [5.74, 6) is -0.602. The predicted octanol–water partition coefficient (Wildman–Crippen LogP) is -5.37. The van der Waals surface area contributed by atoms with Crippen molar-refractivity contribution in [1.82, 2.24) is 5.32 Å². The SMILES string of the molecule is CC(=O)N[C@H]1[C@@H](O[C@H]2[C@@H](O)[C@@H](C)O[C@@H](O)[C@@H]2O[C@@H]2O[C@@H](C)[C@@H](O)[C@@H](O)[C@@H]2O)O[C@H](CO)[C@H](O)[C@@H]1O. The van der Waals surface area contributed by atoms with Crippen LogP contribution in [0.25, 0.3) is 0 Å². The summed E-state index contributed by atoms with van der Waals surface area (Å²) in [7, 11) is 0. The minimum atomic E-state index is -1.74. The molecule has 3 aliphatic rings. The summed E-state index contributed by atoms with van der Waals surface area (Å²) in [6, 6.07) is -1.35. The third-order valence-electron chi connectivity index (χ3n) is 6.42. The fraction of sp³-hybridized carbons (Fsp3) is 0.950. The van der Waals surface area contributed by atoms with Crippen LogP contribution in [0.2, 0.25) is 0 Å². The second-order valence-electron chi connectivity index (χ2n) is 9.04. The number of rotatable bonds is 6. The lowest BCUT2D eigenvalue weighted by Crippen LogP contribution is -2.68. The Bertz CT molecular complexity index is 715. The Morgan fingerprint density at radius 1 is 0.743 bits per heavy atom. The van der Waals surface area contributed by atoms with Crippen molar-refractivity contribution in [3.63, 3.8) is 0 Å². The van der Waals surface area contributed by atoms with Crippen LogP contribution < -0.4 is 5.32 Å². The Hall–Kier alpha value is -1.05. The number of nitrogens with one attached hydrogen (secondary N) is 1. The second kappa shape index (κ2) is 11.6. The molecule has 1 amide bonds. The highest BCUT2D eigenvalue weighted by atomic mass is 16.8. The van der Waals surface area contributed by atoms with E-state index in [0.717, 1.165) is 6.92 Å². The summed E-state index contributed by atoms with van der Waals surface area (Å²) < 4.78 is 27.6. The van der Waals surface area contributed by atoms with Crippen LogP contribution >= 0.6 is 0 Å². The number of aliphatic hydroxyl groups excluding tert-OH is 8. The van der Waals surface area contributed by atoms with E-state index in [1.54, 1.807) is 0 Å². The van der Waals surface area contributed by atoms with Crippen LogP contribution in [0.3, 0.4) is 0 Å². The lowest BCUT2D eigenvalue weighted by molar-refractivity contribution is -0.377. The molecule has 3 rings (SSSR count). The summed E-state index contributed by atoms with van der Waals surface area (Å²) in [6.07, 6.45) is -20.6. The fourth-order valence-electron chi connectivity index (χ4n) is 4.33. The first-order valence-electron chi connectivity index (χ1n) is 11.3. The molecule has 0 spiro atoms. The molecule has 0 aromatic heterocycles. The molecule has 15 heteroatoms. The largest absolute Gasteiger partial charge is 0.394 e. The Balaban J connectivity index is 1.86. The zero-order chi connectivity index (χ0) is 26.2. The van der Waals surface area contributed by atoms with Gasteiger partial charge in [0, 0.05) is 6.92 Å². The quantitative estimate of drug-likeness (QED) is 0.161. The van der Waals surface area contributed by atoms with Gasteiger partial charge < -0.3 is 69.9 Å². The molecule has 0 bridgehead atoms. The van der Waals surface area contributed by atoms with E-state index in [-0.39, 0.29) is 0 Å². The number of carbonyl (C=O) groups is 1. The molecule has 0 unspecified atom stereocenters. The maximum absolute atomic E-state index is 11.7.